The molecule has 1 aliphatic heterocycles. The van der Waals surface area contributed by atoms with Crippen LogP contribution in [0.25, 0.3) is 0 Å². The smallest absolute Gasteiger partial charge is 0.253 e. The number of aryl methyl sites for hydroxylation is 1. The van der Waals surface area contributed by atoms with E-state index >= 15 is 0 Å². The quantitative estimate of drug-likeness (QED) is 0.787. The molecule has 0 unspecified atom stereocenters. The highest BCUT2D eigenvalue weighted by atomic mass is 79.9. The van der Waals surface area contributed by atoms with Crippen molar-refractivity contribution < 1.29 is 4.79 Å². The van der Waals surface area contributed by atoms with E-state index in [1.807, 2.05) is 11.8 Å². The van der Waals surface area contributed by atoms with E-state index in [0.29, 0.717) is 25.9 Å². The third kappa shape index (κ3) is 2.16. The van der Waals surface area contributed by atoms with Crippen LogP contribution in [-0.4, -0.2) is 21.9 Å². The van der Waals surface area contributed by atoms with Crippen LogP contribution in [0.4, 0.5) is 0 Å². The van der Waals surface area contributed by atoms with Gasteiger partial charge >= 0.3 is 0 Å². The zero-order valence-electron chi connectivity index (χ0n) is 9.99. The highest BCUT2D eigenvalue weighted by molar-refractivity contribution is 9.10. The lowest BCUT2D eigenvalue weighted by Gasteiger charge is -2.29. The first-order chi connectivity index (χ1) is 8.04. The van der Waals surface area contributed by atoms with Crippen LogP contribution >= 0.6 is 15.9 Å². The Kier molecular flexibility index (Phi) is 3.38. The predicted octanol–water partition coefficient (Wildman–Crippen LogP) is 1.44. The molecule has 0 saturated heterocycles. The topological polar surface area (TPSA) is 42.3 Å². The van der Waals surface area contributed by atoms with Crippen LogP contribution in [0.2, 0.25) is 0 Å². The summed E-state index contributed by atoms with van der Waals surface area (Å²) in [5, 5.41) is 0. The molecule has 0 atom stereocenters. The van der Waals surface area contributed by atoms with Crippen LogP contribution in [0.3, 0.4) is 0 Å². The van der Waals surface area contributed by atoms with Gasteiger partial charge in [0.2, 0.25) is 5.91 Å². The largest absolute Gasteiger partial charge is 0.338 e. The lowest BCUT2D eigenvalue weighted by atomic mass is 10.0. The fourth-order valence-corrected chi connectivity index (χ4v) is 2.85. The van der Waals surface area contributed by atoms with Crippen molar-refractivity contribution in [1.29, 1.82) is 0 Å². The SMILES string of the molecule is CCC(=O)N1CCc2c(c(Br)cn(C)c2=O)C1. The van der Waals surface area contributed by atoms with Gasteiger partial charge in [-0.1, -0.05) is 6.92 Å². The van der Waals surface area contributed by atoms with Gasteiger partial charge in [-0.3, -0.25) is 9.59 Å². The minimum Gasteiger partial charge on any atom is -0.338 e. The van der Waals surface area contributed by atoms with Crippen molar-refractivity contribution in [3.05, 3.63) is 32.2 Å². The molecule has 1 amide bonds. The third-order valence-corrected chi connectivity index (χ3v) is 3.86. The number of hydrogen-bond donors (Lipinski definition) is 0. The van der Waals surface area contributed by atoms with Gasteiger partial charge in [0, 0.05) is 42.8 Å². The van der Waals surface area contributed by atoms with Gasteiger partial charge in [0.15, 0.2) is 0 Å². The van der Waals surface area contributed by atoms with E-state index in [0.717, 1.165) is 15.6 Å². The maximum atomic E-state index is 12.0. The molecule has 0 spiro atoms. The number of halogens is 1. The van der Waals surface area contributed by atoms with E-state index in [1.54, 1.807) is 17.8 Å². The summed E-state index contributed by atoms with van der Waals surface area (Å²) in [6, 6.07) is 0. The van der Waals surface area contributed by atoms with Crippen LogP contribution in [-0.2, 0) is 24.8 Å². The number of nitrogens with zero attached hydrogens (tertiary/aromatic N) is 2. The van der Waals surface area contributed by atoms with Gasteiger partial charge in [-0.2, -0.15) is 0 Å². The van der Waals surface area contributed by atoms with E-state index in [1.165, 1.54) is 0 Å². The fraction of sp³-hybridized carbons (Fsp3) is 0.500. The zero-order valence-corrected chi connectivity index (χ0v) is 11.6. The summed E-state index contributed by atoms with van der Waals surface area (Å²) in [7, 11) is 1.75. The number of pyridine rings is 1. The molecule has 0 aromatic carbocycles. The second-order valence-electron chi connectivity index (χ2n) is 4.27. The van der Waals surface area contributed by atoms with Gasteiger partial charge in [-0.05, 0) is 27.9 Å². The van der Waals surface area contributed by atoms with Gasteiger partial charge < -0.3 is 9.47 Å². The number of hydrogen-bond acceptors (Lipinski definition) is 2. The van der Waals surface area contributed by atoms with Crippen molar-refractivity contribution in [2.45, 2.75) is 26.3 Å². The molecule has 17 heavy (non-hydrogen) atoms. The molecule has 1 aromatic heterocycles. The summed E-state index contributed by atoms with van der Waals surface area (Å²) >= 11 is 3.47. The van der Waals surface area contributed by atoms with E-state index in [2.05, 4.69) is 15.9 Å². The summed E-state index contributed by atoms with van der Waals surface area (Å²) in [5.41, 5.74) is 1.84. The minimum absolute atomic E-state index is 0.0480. The summed E-state index contributed by atoms with van der Waals surface area (Å²) in [6.07, 6.45) is 2.92. The Balaban J connectivity index is 2.42. The fourth-order valence-electron chi connectivity index (χ4n) is 2.17. The molecule has 1 aliphatic rings. The minimum atomic E-state index is 0.0480. The lowest BCUT2D eigenvalue weighted by molar-refractivity contribution is -0.131. The maximum absolute atomic E-state index is 12.0. The summed E-state index contributed by atoms with van der Waals surface area (Å²) in [6.45, 7) is 3.04. The Morgan fingerprint density at radius 3 is 2.82 bits per heavy atom. The molecule has 5 heteroatoms. The summed E-state index contributed by atoms with van der Waals surface area (Å²) < 4.78 is 2.49. The lowest BCUT2D eigenvalue weighted by Crippen LogP contribution is -2.39. The molecular weight excluding hydrogens is 284 g/mol. The summed E-state index contributed by atoms with van der Waals surface area (Å²) in [4.78, 5) is 25.4. The molecule has 92 valence electrons. The van der Waals surface area contributed by atoms with Gasteiger partial charge in [0.05, 0.1) is 0 Å². The van der Waals surface area contributed by atoms with E-state index in [-0.39, 0.29) is 11.5 Å². The molecule has 4 nitrogen and oxygen atoms in total. The zero-order chi connectivity index (χ0) is 12.6. The third-order valence-electron chi connectivity index (χ3n) is 3.17. The highest BCUT2D eigenvalue weighted by Gasteiger charge is 2.23. The number of aromatic nitrogens is 1. The molecule has 0 saturated carbocycles. The molecule has 2 heterocycles. The molecule has 0 bridgehead atoms. The molecular formula is C12H15BrN2O2. The number of rotatable bonds is 1. The van der Waals surface area contributed by atoms with Gasteiger partial charge in [0.1, 0.15) is 0 Å². The second kappa shape index (κ2) is 4.64. The first-order valence-electron chi connectivity index (χ1n) is 5.69. The van der Waals surface area contributed by atoms with E-state index in [9.17, 15) is 9.59 Å². The van der Waals surface area contributed by atoms with Crippen molar-refractivity contribution in [2.24, 2.45) is 7.05 Å². The maximum Gasteiger partial charge on any atom is 0.253 e. The highest BCUT2D eigenvalue weighted by Crippen LogP contribution is 2.24. The normalized spacial score (nSPS) is 14.6. The van der Waals surface area contributed by atoms with Gasteiger partial charge in [0.25, 0.3) is 5.56 Å². The van der Waals surface area contributed by atoms with E-state index in [4.69, 9.17) is 0 Å². The Morgan fingerprint density at radius 2 is 2.18 bits per heavy atom. The van der Waals surface area contributed by atoms with Gasteiger partial charge in [-0.15, -0.1) is 0 Å². The number of carbonyl (C=O) groups excluding carboxylic acids is 1. The second-order valence-corrected chi connectivity index (χ2v) is 5.12. The van der Waals surface area contributed by atoms with Crippen molar-refractivity contribution in [3.63, 3.8) is 0 Å². The molecule has 0 aliphatic carbocycles. The van der Waals surface area contributed by atoms with Crippen molar-refractivity contribution in [3.8, 4) is 0 Å². The predicted molar refractivity (Wildman–Crippen MR) is 68.8 cm³/mol. The number of amides is 1. The molecule has 0 N–H and O–H groups in total. The Morgan fingerprint density at radius 1 is 1.47 bits per heavy atom. The molecule has 1 aromatic rings. The summed E-state index contributed by atoms with van der Waals surface area (Å²) in [5.74, 6) is 0.142. The number of fused-ring (bicyclic) bond motifs is 1. The first-order valence-corrected chi connectivity index (χ1v) is 6.48. The van der Waals surface area contributed by atoms with Crippen molar-refractivity contribution >= 4 is 21.8 Å². The van der Waals surface area contributed by atoms with E-state index < -0.39 is 0 Å². The number of carbonyl (C=O) groups is 1. The average Bonchev–Trinajstić information content (AvgIpc) is 2.34. The van der Waals surface area contributed by atoms with Crippen LogP contribution in [0.5, 0.6) is 0 Å². The monoisotopic (exact) mass is 298 g/mol. The Bertz CT molecular complexity index is 522. The van der Waals surface area contributed by atoms with Crippen molar-refractivity contribution in [1.82, 2.24) is 9.47 Å². The van der Waals surface area contributed by atoms with Crippen LogP contribution in [0.1, 0.15) is 24.5 Å². The standard InChI is InChI=1S/C12H15BrN2O2/c1-3-11(16)15-5-4-8-9(6-15)10(13)7-14(2)12(8)17/h7H,3-6H2,1-2H3. The average molecular weight is 299 g/mol. The van der Waals surface area contributed by atoms with Gasteiger partial charge in [-0.25, -0.2) is 0 Å². The first kappa shape index (κ1) is 12.4. The Hall–Kier alpha value is -1.10. The van der Waals surface area contributed by atoms with Crippen molar-refractivity contribution in [2.75, 3.05) is 6.54 Å². The molecule has 0 fully saturated rings. The molecule has 2 rings (SSSR count). The van der Waals surface area contributed by atoms with Crippen LogP contribution in [0, 0.1) is 0 Å². The van der Waals surface area contributed by atoms with Crippen LogP contribution < -0.4 is 5.56 Å². The Labute approximate surface area is 108 Å². The van der Waals surface area contributed by atoms with Crippen LogP contribution in [0.15, 0.2) is 15.5 Å². The molecule has 0 radical (unpaired) electrons.